The van der Waals surface area contributed by atoms with E-state index < -0.39 is 0 Å². The molecular formula is C26H40N4O3. The number of rotatable bonds is 9. The Morgan fingerprint density at radius 3 is 2.42 bits per heavy atom. The molecule has 1 aromatic carbocycles. The molecule has 0 bridgehead atoms. The SMILES string of the molecule is COCCNC(=O)CN1CC2(CCC(c3ccccc3)(N(C)C)CC2)N(CC2CCC2)C1=O. The van der Waals surface area contributed by atoms with Gasteiger partial charge in [-0.1, -0.05) is 36.8 Å². The molecule has 1 N–H and O–H groups in total. The van der Waals surface area contributed by atoms with Crippen LogP contribution in [-0.2, 0) is 15.1 Å². The van der Waals surface area contributed by atoms with Crippen LogP contribution in [0.15, 0.2) is 30.3 Å². The van der Waals surface area contributed by atoms with E-state index in [9.17, 15) is 9.59 Å². The van der Waals surface area contributed by atoms with Gasteiger partial charge in [0.1, 0.15) is 6.54 Å². The van der Waals surface area contributed by atoms with Gasteiger partial charge in [0.05, 0.1) is 12.1 Å². The highest BCUT2D eigenvalue weighted by molar-refractivity contribution is 5.86. The zero-order valence-corrected chi connectivity index (χ0v) is 20.5. The molecule has 3 fully saturated rings. The van der Waals surface area contributed by atoms with Crippen LogP contribution >= 0.6 is 0 Å². The fourth-order valence-corrected chi connectivity index (χ4v) is 6.03. The molecule has 0 aromatic heterocycles. The van der Waals surface area contributed by atoms with Gasteiger partial charge < -0.3 is 19.9 Å². The minimum Gasteiger partial charge on any atom is -0.383 e. The second-order valence-electron chi connectivity index (χ2n) is 10.4. The average Bonchev–Trinajstić information content (AvgIpc) is 3.02. The highest BCUT2D eigenvalue weighted by Crippen LogP contribution is 2.49. The van der Waals surface area contributed by atoms with Crippen molar-refractivity contribution in [1.29, 1.82) is 0 Å². The highest BCUT2D eigenvalue weighted by Gasteiger charge is 2.55. The topological polar surface area (TPSA) is 65.1 Å². The number of benzene rings is 1. The number of methoxy groups -OCH3 is 1. The summed E-state index contributed by atoms with van der Waals surface area (Å²) in [6.07, 6.45) is 7.62. The molecule has 1 aromatic rings. The first kappa shape index (κ1) is 24.0. The zero-order valence-electron chi connectivity index (χ0n) is 20.5. The first-order valence-corrected chi connectivity index (χ1v) is 12.5. The fourth-order valence-electron chi connectivity index (χ4n) is 6.03. The smallest absolute Gasteiger partial charge is 0.321 e. The quantitative estimate of drug-likeness (QED) is 0.580. The number of amides is 3. The molecule has 7 heteroatoms. The van der Waals surface area contributed by atoms with Crippen molar-refractivity contribution >= 4 is 11.9 Å². The average molecular weight is 457 g/mol. The lowest BCUT2D eigenvalue weighted by atomic mass is 9.68. The summed E-state index contributed by atoms with van der Waals surface area (Å²) in [6, 6.07) is 10.8. The van der Waals surface area contributed by atoms with Crippen molar-refractivity contribution in [2.45, 2.75) is 56.0 Å². The third-order valence-electron chi connectivity index (χ3n) is 8.36. The third-order valence-corrected chi connectivity index (χ3v) is 8.36. The van der Waals surface area contributed by atoms with Gasteiger partial charge in [0.2, 0.25) is 5.91 Å². The van der Waals surface area contributed by atoms with Crippen LogP contribution in [0.4, 0.5) is 4.79 Å². The largest absolute Gasteiger partial charge is 0.383 e. The van der Waals surface area contributed by atoms with Crippen molar-refractivity contribution in [1.82, 2.24) is 20.0 Å². The Labute approximate surface area is 198 Å². The van der Waals surface area contributed by atoms with E-state index in [4.69, 9.17) is 4.74 Å². The van der Waals surface area contributed by atoms with E-state index in [0.29, 0.717) is 25.6 Å². The number of urea groups is 1. The number of carbonyl (C=O) groups is 2. The molecule has 1 spiro atoms. The molecule has 1 saturated heterocycles. The van der Waals surface area contributed by atoms with Crippen LogP contribution in [0, 0.1) is 5.92 Å². The Morgan fingerprint density at radius 2 is 1.85 bits per heavy atom. The minimum atomic E-state index is -0.173. The van der Waals surface area contributed by atoms with Crippen molar-refractivity contribution < 1.29 is 14.3 Å². The minimum absolute atomic E-state index is 0.0113. The van der Waals surface area contributed by atoms with Gasteiger partial charge in [0.25, 0.3) is 0 Å². The summed E-state index contributed by atoms with van der Waals surface area (Å²) < 4.78 is 5.02. The van der Waals surface area contributed by atoms with E-state index in [2.05, 4.69) is 59.5 Å². The molecule has 0 unspecified atom stereocenters. The summed E-state index contributed by atoms with van der Waals surface area (Å²) >= 11 is 0. The summed E-state index contributed by atoms with van der Waals surface area (Å²) in [5.41, 5.74) is 1.17. The molecule has 0 radical (unpaired) electrons. The van der Waals surface area contributed by atoms with Gasteiger partial charge in [-0.25, -0.2) is 4.79 Å². The molecule has 33 heavy (non-hydrogen) atoms. The maximum absolute atomic E-state index is 13.5. The zero-order chi connectivity index (χ0) is 23.5. The van der Waals surface area contributed by atoms with Crippen LogP contribution in [0.25, 0.3) is 0 Å². The molecule has 0 atom stereocenters. The molecule has 3 amide bonds. The van der Waals surface area contributed by atoms with Crippen molar-refractivity contribution in [2.75, 3.05) is 54.0 Å². The van der Waals surface area contributed by atoms with E-state index in [1.54, 1.807) is 12.0 Å². The molecule has 182 valence electrons. The number of hydrogen-bond acceptors (Lipinski definition) is 4. The number of ether oxygens (including phenoxy) is 1. The molecule has 2 saturated carbocycles. The predicted molar refractivity (Wildman–Crippen MR) is 129 cm³/mol. The summed E-state index contributed by atoms with van der Waals surface area (Å²) in [5.74, 6) is 0.500. The maximum atomic E-state index is 13.5. The Hall–Kier alpha value is -2.12. The predicted octanol–water partition coefficient (Wildman–Crippen LogP) is 3.06. The second kappa shape index (κ2) is 10.0. The Morgan fingerprint density at radius 1 is 1.15 bits per heavy atom. The molecule has 1 heterocycles. The lowest BCUT2D eigenvalue weighted by Crippen LogP contribution is -2.56. The second-order valence-corrected chi connectivity index (χ2v) is 10.4. The first-order valence-electron chi connectivity index (χ1n) is 12.5. The van der Waals surface area contributed by atoms with Crippen LogP contribution in [0.5, 0.6) is 0 Å². The van der Waals surface area contributed by atoms with Gasteiger partial charge in [-0.15, -0.1) is 0 Å². The summed E-state index contributed by atoms with van der Waals surface area (Å²) in [6.45, 7) is 2.55. The van der Waals surface area contributed by atoms with Crippen molar-refractivity contribution in [3.05, 3.63) is 35.9 Å². The number of nitrogens with zero attached hydrogens (tertiary/aromatic N) is 3. The lowest BCUT2D eigenvalue weighted by molar-refractivity contribution is -0.121. The third kappa shape index (κ3) is 4.76. The van der Waals surface area contributed by atoms with Gasteiger partial charge in [0.15, 0.2) is 0 Å². The van der Waals surface area contributed by atoms with Gasteiger partial charge in [0, 0.05) is 32.3 Å². The normalized spacial score (nSPS) is 27.9. The van der Waals surface area contributed by atoms with Crippen molar-refractivity contribution in [3.63, 3.8) is 0 Å². The molecule has 1 aliphatic heterocycles. The Kier molecular flexibility index (Phi) is 7.29. The van der Waals surface area contributed by atoms with Crippen LogP contribution in [-0.4, -0.2) is 86.2 Å². The Bertz CT molecular complexity index is 816. The maximum Gasteiger partial charge on any atom is 0.321 e. The van der Waals surface area contributed by atoms with E-state index in [1.165, 1.54) is 24.8 Å². The summed E-state index contributed by atoms with van der Waals surface area (Å²) in [4.78, 5) is 32.3. The number of carbonyl (C=O) groups excluding carboxylic acids is 2. The first-order chi connectivity index (χ1) is 15.9. The van der Waals surface area contributed by atoms with Crippen molar-refractivity contribution in [2.24, 2.45) is 5.92 Å². The van der Waals surface area contributed by atoms with Gasteiger partial charge in [-0.3, -0.25) is 9.69 Å². The number of nitrogens with one attached hydrogen (secondary N) is 1. The van der Waals surface area contributed by atoms with Crippen molar-refractivity contribution in [3.8, 4) is 0 Å². The summed E-state index contributed by atoms with van der Waals surface area (Å²) in [5, 5.41) is 2.87. The lowest BCUT2D eigenvalue weighted by Gasteiger charge is -2.51. The van der Waals surface area contributed by atoms with Crippen LogP contribution in [0.2, 0.25) is 0 Å². The molecule has 2 aliphatic carbocycles. The van der Waals surface area contributed by atoms with E-state index in [1.807, 2.05) is 0 Å². The van der Waals surface area contributed by atoms with Crippen LogP contribution < -0.4 is 5.32 Å². The van der Waals surface area contributed by atoms with Crippen LogP contribution in [0.1, 0.15) is 50.5 Å². The van der Waals surface area contributed by atoms with Gasteiger partial charge in [-0.05, 0) is 64.1 Å². The molecule has 7 nitrogen and oxygen atoms in total. The van der Waals surface area contributed by atoms with E-state index in [0.717, 1.165) is 32.2 Å². The van der Waals surface area contributed by atoms with E-state index in [-0.39, 0.29) is 29.6 Å². The molecular weight excluding hydrogens is 416 g/mol. The van der Waals surface area contributed by atoms with Gasteiger partial charge >= 0.3 is 6.03 Å². The Balaban J connectivity index is 1.51. The molecule has 4 rings (SSSR count). The van der Waals surface area contributed by atoms with E-state index >= 15 is 0 Å². The highest BCUT2D eigenvalue weighted by atomic mass is 16.5. The molecule has 3 aliphatic rings. The number of hydrogen-bond donors (Lipinski definition) is 1. The summed E-state index contributed by atoms with van der Waals surface area (Å²) in [7, 11) is 5.96. The van der Waals surface area contributed by atoms with Gasteiger partial charge in [-0.2, -0.15) is 0 Å². The monoisotopic (exact) mass is 456 g/mol. The van der Waals surface area contributed by atoms with Crippen LogP contribution in [0.3, 0.4) is 0 Å². The standard InChI is InChI=1S/C26H40N4O3/c1-28(2)26(22-10-5-4-6-11-22)14-12-25(13-15-26)20-29(19-23(31)27-16-17-33-3)24(32)30(25)18-21-8-7-9-21/h4-6,10-11,21H,7-9,12-20H2,1-3H3,(H,27,31). The fraction of sp³-hybridized carbons (Fsp3) is 0.692.